The molecule has 75 heavy (non-hydrogen) atoms. The molecule has 0 rings (SSSR count). The number of likely N-dealkylation sites (N-methyl/N-ethyl adjacent to an activating group) is 1. The Hall–Kier alpha value is -2.29. The fraction of sp³-hybridized carbons (Fsp3) is 0.815. The molecule has 3 unspecified atom stereocenters. The zero-order chi connectivity index (χ0) is 55.0. The molecule has 0 radical (unpaired) electrons. The van der Waals surface area contributed by atoms with Gasteiger partial charge in [-0.3, -0.25) is 14.2 Å². The van der Waals surface area contributed by atoms with Crippen LogP contribution in [0.25, 0.3) is 0 Å². The number of phosphoric ester groups is 1. The number of quaternary nitrogens is 1. The lowest BCUT2D eigenvalue weighted by atomic mass is 10.0. The van der Waals surface area contributed by atoms with Crippen LogP contribution in [0, 0.1) is 0 Å². The molecule has 0 bridgehead atoms. The van der Waals surface area contributed by atoms with E-state index in [2.05, 4.69) is 74.7 Å². The number of nitrogens with zero attached hydrogens (tertiary/aromatic N) is 1. The summed E-state index contributed by atoms with van der Waals surface area (Å²) in [7, 11) is 1.18. The summed E-state index contributed by atoms with van der Waals surface area (Å²) >= 11 is 0. The largest absolute Gasteiger partial charge is 0.756 e. The third kappa shape index (κ3) is 56.2. The van der Waals surface area contributed by atoms with Crippen molar-refractivity contribution in [1.82, 2.24) is 5.32 Å². The van der Waals surface area contributed by atoms with Crippen LogP contribution in [0.4, 0.5) is 0 Å². The van der Waals surface area contributed by atoms with Gasteiger partial charge in [0.15, 0.2) is 0 Å². The number of hydrogen-bond acceptors (Lipinski definition) is 7. The fourth-order valence-electron chi connectivity index (χ4n) is 9.11. The van der Waals surface area contributed by atoms with Crippen LogP contribution < -0.4 is 10.2 Å². The molecule has 0 aliphatic carbocycles. The molecular formula is C65H121N2O7P. The van der Waals surface area contributed by atoms with Crippen molar-refractivity contribution in [3.8, 4) is 0 Å². The van der Waals surface area contributed by atoms with Crippen molar-refractivity contribution >= 4 is 19.7 Å². The number of rotatable bonds is 57. The van der Waals surface area contributed by atoms with Crippen LogP contribution in [0.2, 0.25) is 0 Å². The standard InChI is InChI=1S/C65H121N2O7P/c1-7-10-13-16-19-22-25-28-30-31-32-33-34-35-37-39-42-45-48-51-54-57-64(68)66-62(61-73-75(70,71)72-60-59-67(4,5)6)63(56-53-50-47-44-41-38-27-24-21-18-15-12-9-3)74-65(69)58-55-52-49-46-43-40-36-29-26-23-20-17-14-11-8-2/h11,14,17,20,23,26,28,30,53,56,62-63H,7-10,12-13,15-16,18-19,21-22,24-25,27,29,31-52,54-55,57-61H2,1-6H3,(H-,66,68,70,71)/b14-11+,20-17+,26-23+,30-28+,56-53-. The summed E-state index contributed by atoms with van der Waals surface area (Å²) in [6.45, 7) is 6.72. The summed E-state index contributed by atoms with van der Waals surface area (Å²) in [5.74, 6) is -0.549. The molecule has 0 fully saturated rings. The van der Waals surface area contributed by atoms with Gasteiger partial charge in [0, 0.05) is 12.8 Å². The lowest BCUT2D eigenvalue weighted by molar-refractivity contribution is -0.870. The lowest BCUT2D eigenvalue weighted by Gasteiger charge is -2.30. The third-order valence-corrected chi connectivity index (χ3v) is 15.0. The third-order valence-electron chi connectivity index (χ3n) is 14.0. The molecule has 438 valence electrons. The smallest absolute Gasteiger partial charge is 0.306 e. The van der Waals surface area contributed by atoms with Crippen LogP contribution in [0.3, 0.4) is 0 Å². The van der Waals surface area contributed by atoms with E-state index in [0.29, 0.717) is 17.4 Å². The van der Waals surface area contributed by atoms with E-state index in [0.717, 1.165) is 77.0 Å². The lowest BCUT2D eigenvalue weighted by Crippen LogP contribution is -2.47. The Morgan fingerprint density at radius 3 is 1.31 bits per heavy atom. The number of carbonyl (C=O) groups excluding carboxylic acids is 2. The predicted octanol–water partition coefficient (Wildman–Crippen LogP) is 18.8. The van der Waals surface area contributed by atoms with Gasteiger partial charge in [-0.1, -0.05) is 262 Å². The number of esters is 1. The van der Waals surface area contributed by atoms with Crippen molar-refractivity contribution in [3.05, 3.63) is 60.8 Å². The van der Waals surface area contributed by atoms with E-state index in [1.807, 2.05) is 33.3 Å². The Bertz CT molecular complexity index is 1470. The molecule has 0 saturated carbocycles. The first-order valence-corrected chi connectivity index (χ1v) is 33.1. The van der Waals surface area contributed by atoms with E-state index < -0.39 is 26.6 Å². The van der Waals surface area contributed by atoms with Gasteiger partial charge in [0.2, 0.25) is 5.91 Å². The number of hydrogen-bond donors (Lipinski definition) is 1. The average molecular weight is 1070 g/mol. The number of phosphoric acid groups is 1. The molecule has 3 atom stereocenters. The number of carbonyl (C=O) groups is 2. The minimum Gasteiger partial charge on any atom is -0.756 e. The second-order valence-corrected chi connectivity index (χ2v) is 24.0. The molecule has 0 aliphatic rings. The van der Waals surface area contributed by atoms with Gasteiger partial charge >= 0.3 is 5.97 Å². The van der Waals surface area contributed by atoms with E-state index in [1.165, 1.54) is 180 Å². The molecule has 0 aromatic rings. The van der Waals surface area contributed by atoms with Gasteiger partial charge in [-0.15, -0.1) is 0 Å². The summed E-state index contributed by atoms with van der Waals surface area (Å²) in [6, 6.07) is -0.894. The van der Waals surface area contributed by atoms with E-state index in [-0.39, 0.29) is 24.9 Å². The van der Waals surface area contributed by atoms with Gasteiger partial charge in [-0.2, -0.15) is 0 Å². The maximum absolute atomic E-state index is 13.5. The second kappa shape index (κ2) is 55.0. The van der Waals surface area contributed by atoms with Crippen LogP contribution in [-0.4, -0.2) is 69.4 Å². The normalized spacial score (nSPS) is 14.1. The molecule has 9 nitrogen and oxygen atoms in total. The van der Waals surface area contributed by atoms with Crippen molar-refractivity contribution in [2.75, 3.05) is 40.9 Å². The fourth-order valence-corrected chi connectivity index (χ4v) is 9.83. The van der Waals surface area contributed by atoms with Gasteiger partial charge < -0.3 is 28.5 Å². The Morgan fingerprint density at radius 2 is 0.867 bits per heavy atom. The highest BCUT2D eigenvalue weighted by Gasteiger charge is 2.27. The van der Waals surface area contributed by atoms with Crippen LogP contribution in [0.1, 0.15) is 290 Å². The van der Waals surface area contributed by atoms with Crippen LogP contribution in [-0.2, 0) is 27.9 Å². The summed E-state index contributed by atoms with van der Waals surface area (Å²) in [4.78, 5) is 40.0. The summed E-state index contributed by atoms with van der Waals surface area (Å²) in [5.41, 5.74) is 0. The molecule has 0 aromatic heterocycles. The summed E-state index contributed by atoms with van der Waals surface area (Å²) in [5, 5.41) is 3.03. The number of nitrogens with one attached hydrogen (secondary N) is 1. The number of amides is 1. The summed E-state index contributed by atoms with van der Waals surface area (Å²) < 4.78 is 30.3. The quantitative estimate of drug-likeness (QED) is 0.0161. The molecule has 0 aromatic carbocycles. The molecule has 10 heteroatoms. The van der Waals surface area contributed by atoms with Crippen molar-refractivity contribution < 1.29 is 37.3 Å². The first-order chi connectivity index (χ1) is 36.4. The minimum atomic E-state index is -4.70. The molecule has 0 aliphatic heterocycles. The number of unbranched alkanes of at least 4 members (excludes halogenated alkanes) is 35. The molecule has 0 saturated heterocycles. The molecule has 1 N–H and O–H groups in total. The zero-order valence-corrected chi connectivity index (χ0v) is 50.9. The van der Waals surface area contributed by atoms with Crippen LogP contribution in [0.15, 0.2) is 60.8 Å². The zero-order valence-electron chi connectivity index (χ0n) is 50.0. The first-order valence-electron chi connectivity index (χ1n) is 31.6. The highest BCUT2D eigenvalue weighted by Crippen LogP contribution is 2.38. The van der Waals surface area contributed by atoms with Gasteiger partial charge in [-0.05, 0) is 76.7 Å². The van der Waals surface area contributed by atoms with Crippen LogP contribution >= 0.6 is 7.82 Å². The van der Waals surface area contributed by atoms with E-state index in [1.54, 1.807) is 0 Å². The topological polar surface area (TPSA) is 114 Å². The van der Waals surface area contributed by atoms with Crippen molar-refractivity contribution in [3.63, 3.8) is 0 Å². The SMILES string of the molecule is CC/C=C/C=C/C=C/CCCCCCCCCC(=O)OC(/C=C\CCCCCCCCCCCCC)C(COP(=O)([O-])OCC[N+](C)(C)C)NC(=O)CCCCCCCCCCCCC/C=C/CCCCCCCC. The summed E-state index contributed by atoms with van der Waals surface area (Å²) in [6.07, 6.45) is 69.0. The molecule has 1 amide bonds. The number of allylic oxidation sites excluding steroid dienone is 9. The Balaban J connectivity index is 5.23. The monoisotopic (exact) mass is 1070 g/mol. The second-order valence-electron chi connectivity index (χ2n) is 22.6. The van der Waals surface area contributed by atoms with E-state index in [9.17, 15) is 19.0 Å². The molecule has 0 spiro atoms. The van der Waals surface area contributed by atoms with Gasteiger partial charge in [0.25, 0.3) is 7.82 Å². The van der Waals surface area contributed by atoms with E-state index in [4.69, 9.17) is 13.8 Å². The Morgan fingerprint density at radius 1 is 0.480 bits per heavy atom. The van der Waals surface area contributed by atoms with Crippen molar-refractivity contribution in [2.24, 2.45) is 0 Å². The number of ether oxygens (including phenoxy) is 1. The van der Waals surface area contributed by atoms with Crippen LogP contribution in [0.5, 0.6) is 0 Å². The predicted molar refractivity (Wildman–Crippen MR) is 321 cm³/mol. The average Bonchev–Trinajstić information content (AvgIpc) is 3.37. The van der Waals surface area contributed by atoms with Crippen molar-refractivity contribution in [1.29, 1.82) is 0 Å². The van der Waals surface area contributed by atoms with Gasteiger partial charge in [0.05, 0.1) is 33.8 Å². The van der Waals surface area contributed by atoms with Gasteiger partial charge in [0.1, 0.15) is 19.3 Å². The van der Waals surface area contributed by atoms with Gasteiger partial charge in [-0.25, -0.2) is 0 Å². The molecule has 0 heterocycles. The highest BCUT2D eigenvalue weighted by atomic mass is 31.2. The first kappa shape index (κ1) is 72.7. The molecular weight excluding hydrogens is 952 g/mol. The Kier molecular flexibility index (Phi) is 53.4. The van der Waals surface area contributed by atoms with E-state index >= 15 is 0 Å². The van der Waals surface area contributed by atoms with Crippen molar-refractivity contribution in [2.45, 2.75) is 303 Å². The maximum atomic E-state index is 13.5. The highest BCUT2D eigenvalue weighted by molar-refractivity contribution is 7.45. The maximum Gasteiger partial charge on any atom is 0.306 e. The Labute approximate surface area is 464 Å². The minimum absolute atomic E-state index is 0.0252.